The lowest BCUT2D eigenvalue weighted by molar-refractivity contribution is -0.182. The Kier molecular flexibility index (Phi) is 12.8. The van der Waals surface area contributed by atoms with E-state index in [9.17, 15) is 42.3 Å². The number of esters is 3. The maximum Gasteiger partial charge on any atom is 0.422 e. The quantitative estimate of drug-likeness (QED) is 0.186. The fourth-order valence-corrected chi connectivity index (χ4v) is 5.67. The van der Waals surface area contributed by atoms with Gasteiger partial charge in [0.05, 0.1) is 18.2 Å². The van der Waals surface area contributed by atoms with Crippen LogP contribution in [0, 0.1) is 0 Å². The normalized spacial score (nSPS) is 22.8. The van der Waals surface area contributed by atoms with Crippen molar-refractivity contribution in [3.05, 3.63) is 53.1 Å². The molecule has 2 amide bonds. The largest absolute Gasteiger partial charge is 0.460 e. The van der Waals surface area contributed by atoms with Crippen molar-refractivity contribution in [2.75, 3.05) is 26.6 Å². The number of nitrogens with zero attached hydrogens (tertiary/aromatic N) is 1. The van der Waals surface area contributed by atoms with Crippen LogP contribution in [0.2, 0.25) is 0 Å². The zero-order valence-corrected chi connectivity index (χ0v) is 27.9. The first-order valence-corrected chi connectivity index (χ1v) is 16.1. The average Bonchev–Trinajstić information content (AvgIpc) is 3.74. The number of nitrogens with one attached hydrogen (secondary N) is 1. The molecule has 1 aromatic rings. The van der Waals surface area contributed by atoms with Crippen LogP contribution in [-0.2, 0) is 42.9 Å². The highest BCUT2D eigenvalue weighted by atomic mass is 19.4. The smallest absolute Gasteiger partial charge is 0.422 e. The van der Waals surface area contributed by atoms with Crippen LogP contribution in [0.15, 0.2) is 42.0 Å². The molecule has 2 fully saturated rings. The molecular weight excluding hydrogens is 669 g/mol. The van der Waals surface area contributed by atoms with Gasteiger partial charge in [0.15, 0.2) is 6.61 Å². The van der Waals surface area contributed by atoms with Gasteiger partial charge < -0.3 is 39.0 Å². The average molecular weight is 711 g/mol. The van der Waals surface area contributed by atoms with Crippen molar-refractivity contribution < 1.29 is 65.9 Å². The summed E-state index contributed by atoms with van der Waals surface area (Å²) in [6.07, 6.45) is -2.21. The Morgan fingerprint density at radius 2 is 1.82 bits per heavy atom. The highest BCUT2D eigenvalue weighted by Gasteiger charge is 2.45. The Morgan fingerprint density at radius 1 is 1.10 bits per heavy atom. The van der Waals surface area contributed by atoms with Crippen LogP contribution >= 0.6 is 0 Å². The number of alkyl halides is 3. The molecule has 274 valence electrons. The first-order chi connectivity index (χ1) is 23.5. The molecule has 13 nitrogen and oxygen atoms in total. The minimum absolute atomic E-state index is 0.0142. The van der Waals surface area contributed by atoms with Crippen molar-refractivity contribution in [3.63, 3.8) is 0 Å². The van der Waals surface area contributed by atoms with Gasteiger partial charge in [0, 0.05) is 31.0 Å². The third-order valence-electron chi connectivity index (χ3n) is 7.97. The second kappa shape index (κ2) is 16.6. The van der Waals surface area contributed by atoms with E-state index in [-0.39, 0.29) is 37.2 Å². The molecule has 1 aliphatic carbocycles. The molecule has 5 unspecified atom stereocenters. The lowest BCUT2D eigenvalue weighted by Gasteiger charge is -2.33. The number of amides is 2. The van der Waals surface area contributed by atoms with Gasteiger partial charge in [0.2, 0.25) is 11.8 Å². The number of halogens is 3. The second-order valence-electron chi connectivity index (χ2n) is 13.1. The van der Waals surface area contributed by atoms with Gasteiger partial charge >= 0.3 is 24.1 Å². The Morgan fingerprint density at radius 3 is 2.48 bits per heavy atom. The molecule has 16 heteroatoms. The van der Waals surface area contributed by atoms with Gasteiger partial charge in [-0.3, -0.25) is 14.4 Å². The summed E-state index contributed by atoms with van der Waals surface area (Å²) in [6, 6.07) is 4.16. The minimum atomic E-state index is -4.65. The Hall–Kier alpha value is -4.28. The van der Waals surface area contributed by atoms with E-state index in [0.717, 1.165) is 6.08 Å². The molecule has 0 radical (unpaired) electrons. The Balaban J connectivity index is 1.35. The third kappa shape index (κ3) is 11.1. The summed E-state index contributed by atoms with van der Waals surface area (Å²) in [6.45, 7) is 3.31. The van der Waals surface area contributed by atoms with Crippen molar-refractivity contribution in [2.45, 2.75) is 95.0 Å². The summed E-state index contributed by atoms with van der Waals surface area (Å²) in [4.78, 5) is 65.2. The first-order valence-electron chi connectivity index (χ1n) is 16.1. The highest BCUT2D eigenvalue weighted by Crippen LogP contribution is 2.33. The Bertz CT molecular complexity index is 1470. The van der Waals surface area contributed by atoms with Crippen molar-refractivity contribution in [3.8, 4) is 0 Å². The third-order valence-corrected chi connectivity index (χ3v) is 7.97. The molecule has 0 spiro atoms. The summed E-state index contributed by atoms with van der Waals surface area (Å²) in [5.41, 5.74) is 0.138. The lowest BCUT2D eigenvalue weighted by Crippen LogP contribution is -2.51. The molecule has 1 aromatic carbocycles. The Labute approximate surface area is 286 Å². The van der Waals surface area contributed by atoms with Gasteiger partial charge in [-0.1, -0.05) is 12.1 Å². The van der Waals surface area contributed by atoms with Crippen molar-refractivity contribution in [1.29, 1.82) is 0 Å². The van der Waals surface area contributed by atoms with E-state index >= 15 is 0 Å². The van der Waals surface area contributed by atoms with Gasteiger partial charge in [-0.25, -0.2) is 9.59 Å². The second-order valence-corrected chi connectivity index (χ2v) is 13.1. The standard InChI is InChI=1S/C34H41F3N2O11/c1-33(2,3)50-28(42)13-11-23(17-40)38-30(43)24-5-4-14-39(24)31(44)22-15-25-29(48-19-47-25)26(16-22)49-32(45)21-9-6-20(7-10-21)8-12-27(41)46-18-34(35,36)37/h6-10,12,15,23-26,29,40H,4-5,11,13-14,16-19H2,1-3H3,(H,38,43). The van der Waals surface area contributed by atoms with Crippen LogP contribution in [0.4, 0.5) is 13.2 Å². The number of benzene rings is 1. The van der Waals surface area contributed by atoms with E-state index in [1.54, 1.807) is 26.8 Å². The summed E-state index contributed by atoms with van der Waals surface area (Å²) >= 11 is 0. The molecular formula is C34H41F3N2O11. The van der Waals surface area contributed by atoms with Gasteiger partial charge in [0.1, 0.15) is 36.7 Å². The van der Waals surface area contributed by atoms with Crippen LogP contribution in [0.1, 0.15) is 68.8 Å². The number of fused-ring (bicyclic) bond motifs is 1. The summed E-state index contributed by atoms with van der Waals surface area (Å²) < 4.78 is 63.1. The molecule has 4 rings (SSSR count). The molecule has 50 heavy (non-hydrogen) atoms. The zero-order chi connectivity index (χ0) is 36.6. The number of carbonyl (C=O) groups excluding carboxylic acids is 5. The molecule has 2 heterocycles. The van der Waals surface area contributed by atoms with Crippen molar-refractivity contribution >= 4 is 35.8 Å². The van der Waals surface area contributed by atoms with E-state index in [4.69, 9.17) is 18.9 Å². The molecule has 0 bridgehead atoms. The lowest BCUT2D eigenvalue weighted by atomic mass is 9.91. The van der Waals surface area contributed by atoms with E-state index in [1.807, 2.05) is 0 Å². The molecule has 0 saturated carbocycles. The molecule has 2 aliphatic heterocycles. The van der Waals surface area contributed by atoms with Crippen LogP contribution in [-0.4, -0.2) is 108 Å². The number of carbonyl (C=O) groups is 5. The molecule has 5 atom stereocenters. The van der Waals surface area contributed by atoms with Gasteiger partial charge in [-0.2, -0.15) is 13.2 Å². The predicted octanol–water partition coefficient (Wildman–Crippen LogP) is 2.99. The number of aliphatic hydroxyl groups is 1. The monoisotopic (exact) mass is 710 g/mol. The van der Waals surface area contributed by atoms with Crippen LogP contribution in [0.25, 0.3) is 6.08 Å². The fourth-order valence-electron chi connectivity index (χ4n) is 5.67. The first kappa shape index (κ1) is 38.5. The molecule has 2 N–H and O–H groups in total. The molecule has 2 saturated heterocycles. The summed E-state index contributed by atoms with van der Waals surface area (Å²) in [5, 5.41) is 12.6. The van der Waals surface area contributed by atoms with E-state index in [2.05, 4.69) is 10.1 Å². The van der Waals surface area contributed by atoms with Crippen LogP contribution in [0.3, 0.4) is 0 Å². The van der Waals surface area contributed by atoms with Crippen LogP contribution in [0.5, 0.6) is 0 Å². The number of likely N-dealkylation sites (tertiary alicyclic amines) is 1. The summed E-state index contributed by atoms with van der Waals surface area (Å²) in [5.74, 6) is -3.28. The van der Waals surface area contributed by atoms with Crippen molar-refractivity contribution in [2.24, 2.45) is 0 Å². The number of aliphatic hydroxyl groups excluding tert-OH is 1. The number of hydrogen-bond acceptors (Lipinski definition) is 11. The maximum absolute atomic E-state index is 13.8. The van der Waals surface area contributed by atoms with E-state index in [0.29, 0.717) is 24.9 Å². The summed E-state index contributed by atoms with van der Waals surface area (Å²) in [7, 11) is 0. The maximum atomic E-state index is 13.8. The topological polar surface area (TPSA) is 167 Å². The van der Waals surface area contributed by atoms with Gasteiger partial charge in [-0.15, -0.1) is 0 Å². The van der Waals surface area contributed by atoms with E-state index in [1.165, 1.54) is 35.2 Å². The van der Waals surface area contributed by atoms with Gasteiger partial charge in [-0.05, 0) is 69.9 Å². The zero-order valence-electron chi connectivity index (χ0n) is 27.9. The SMILES string of the molecule is CC(C)(C)OC(=O)CCC(CO)NC(=O)C1CCCN1C(=O)C1=CC2OCOC2C(OC(=O)c2ccc(C=CC(=O)OCC(F)(F)F)cc2)C1. The van der Waals surface area contributed by atoms with Crippen molar-refractivity contribution in [1.82, 2.24) is 10.2 Å². The number of hydrogen-bond donors (Lipinski definition) is 2. The van der Waals surface area contributed by atoms with Gasteiger partial charge in [0.25, 0.3) is 0 Å². The highest BCUT2D eigenvalue weighted by molar-refractivity contribution is 5.98. The minimum Gasteiger partial charge on any atom is -0.460 e. The van der Waals surface area contributed by atoms with Crippen LogP contribution < -0.4 is 5.32 Å². The predicted molar refractivity (Wildman–Crippen MR) is 168 cm³/mol. The van der Waals surface area contributed by atoms with E-state index < -0.39 is 85.1 Å². The molecule has 3 aliphatic rings. The fraction of sp³-hybridized carbons (Fsp3) is 0.559. The molecule has 0 aromatic heterocycles. The number of ether oxygens (including phenoxy) is 5. The number of rotatable bonds is 12.